The van der Waals surface area contributed by atoms with Gasteiger partial charge in [-0.3, -0.25) is 4.99 Å². The van der Waals surface area contributed by atoms with E-state index in [1.807, 2.05) is 0 Å². The number of nitrogens with two attached hydrogens (primary N) is 1. The summed E-state index contributed by atoms with van der Waals surface area (Å²) in [6.45, 7) is -1.22. The maximum absolute atomic E-state index is 15.0. The third kappa shape index (κ3) is 3.27. The summed E-state index contributed by atoms with van der Waals surface area (Å²) in [5.41, 5.74) is 5.19. The number of rotatable bonds is 5. The number of fused-ring (bicyclic) bond motifs is 1. The normalized spacial score (nSPS) is 22.7. The van der Waals surface area contributed by atoms with Gasteiger partial charge in [-0.25, -0.2) is 32.2 Å². The van der Waals surface area contributed by atoms with Gasteiger partial charge in [0.1, 0.15) is 46.2 Å². The van der Waals surface area contributed by atoms with Crippen molar-refractivity contribution in [3.63, 3.8) is 0 Å². The SMILES string of the molecule is COc1cnc2c(Nc3ccc(F)c([C@]4(CF)CS(=O)(=O)C5(CCC5)C(N)=N4)c3)ncnc2c1. The van der Waals surface area contributed by atoms with Gasteiger partial charge in [-0.05, 0) is 37.5 Å². The third-order valence-electron chi connectivity index (χ3n) is 6.62. The van der Waals surface area contributed by atoms with Crippen molar-refractivity contribution in [3.05, 3.63) is 48.2 Å². The number of hydrogen-bond donors (Lipinski definition) is 2. The topological polar surface area (TPSA) is 132 Å². The Labute approximate surface area is 194 Å². The summed E-state index contributed by atoms with van der Waals surface area (Å²) in [4.78, 5) is 16.9. The number of aromatic nitrogens is 3. The number of nitrogens with one attached hydrogen (secondary N) is 1. The van der Waals surface area contributed by atoms with Crippen molar-refractivity contribution in [1.82, 2.24) is 15.0 Å². The van der Waals surface area contributed by atoms with E-state index in [1.54, 1.807) is 6.07 Å². The largest absolute Gasteiger partial charge is 0.495 e. The minimum atomic E-state index is -3.85. The van der Waals surface area contributed by atoms with Crippen LogP contribution in [0, 0.1) is 5.82 Å². The zero-order valence-corrected chi connectivity index (χ0v) is 19.1. The molecule has 0 bridgehead atoms. The van der Waals surface area contributed by atoms with Crippen LogP contribution in [-0.4, -0.2) is 53.5 Å². The van der Waals surface area contributed by atoms with E-state index in [2.05, 4.69) is 25.3 Å². The standard InChI is InChI=1S/C22H22F2N6O3S/c1-33-14-8-17-18(26-9-14)19(28-12-27-17)29-13-3-4-16(24)15(7-13)21(10-23)11-34(31,32)22(5-2-6-22)20(25)30-21/h3-4,7-9,12H,2,5-6,10-11H2,1H3,(H2,25,30)(H,27,28,29)/t21-/m0/s1. The number of pyridine rings is 1. The summed E-state index contributed by atoms with van der Waals surface area (Å²) in [6, 6.07) is 5.57. The van der Waals surface area contributed by atoms with E-state index in [9.17, 15) is 17.2 Å². The van der Waals surface area contributed by atoms with Crippen LogP contribution in [-0.2, 0) is 15.4 Å². The number of halogens is 2. The number of aliphatic imine (C=N–C) groups is 1. The Morgan fingerprint density at radius 3 is 2.65 bits per heavy atom. The van der Waals surface area contributed by atoms with Crippen molar-refractivity contribution in [2.75, 3.05) is 24.9 Å². The average Bonchev–Trinajstić information content (AvgIpc) is 2.78. The van der Waals surface area contributed by atoms with E-state index < -0.39 is 38.4 Å². The molecule has 1 spiro atoms. The van der Waals surface area contributed by atoms with Crippen molar-refractivity contribution in [3.8, 4) is 5.75 Å². The summed E-state index contributed by atoms with van der Waals surface area (Å²) in [6.07, 6.45) is 4.21. The Balaban J connectivity index is 1.57. The van der Waals surface area contributed by atoms with Crippen LogP contribution in [0.15, 0.2) is 41.8 Å². The van der Waals surface area contributed by atoms with Gasteiger partial charge in [0, 0.05) is 17.3 Å². The molecule has 1 fully saturated rings. The first-order chi connectivity index (χ1) is 16.2. The molecule has 178 valence electrons. The number of hydrogen-bond acceptors (Lipinski definition) is 9. The van der Waals surface area contributed by atoms with Crippen LogP contribution in [0.1, 0.15) is 24.8 Å². The van der Waals surface area contributed by atoms with Crippen LogP contribution in [0.25, 0.3) is 11.0 Å². The molecule has 9 nitrogen and oxygen atoms in total. The molecule has 2 aromatic heterocycles. The first kappa shape index (κ1) is 22.4. The van der Waals surface area contributed by atoms with E-state index >= 15 is 0 Å². The monoisotopic (exact) mass is 488 g/mol. The molecule has 3 N–H and O–H groups in total. The molecule has 3 heterocycles. The summed E-state index contributed by atoms with van der Waals surface area (Å²) in [5.74, 6) is -0.748. The van der Waals surface area contributed by atoms with Gasteiger partial charge < -0.3 is 15.8 Å². The zero-order valence-electron chi connectivity index (χ0n) is 18.3. The first-order valence-corrected chi connectivity index (χ1v) is 12.2. The molecule has 1 aliphatic carbocycles. The Bertz CT molecular complexity index is 1430. The smallest absolute Gasteiger partial charge is 0.166 e. The van der Waals surface area contributed by atoms with E-state index in [4.69, 9.17) is 10.5 Å². The van der Waals surface area contributed by atoms with Crippen molar-refractivity contribution < 1.29 is 21.9 Å². The predicted octanol–water partition coefficient (Wildman–Crippen LogP) is 2.79. The van der Waals surface area contributed by atoms with E-state index in [1.165, 1.54) is 31.8 Å². The molecule has 1 aliphatic heterocycles. The Morgan fingerprint density at radius 2 is 2.00 bits per heavy atom. The van der Waals surface area contributed by atoms with Crippen molar-refractivity contribution in [1.29, 1.82) is 0 Å². The lowest BCUT2D eigenvalue weighted by atomic mass is 9.82. The zero-order chi connectivity index (χ0) is 24.1. The molecule has 1 aromatic carbocycles. The highest BCUT2D eigenvalue weighted by Crippen LogP contribution is 2.47. The maximum Gasteiger partial charge on any atom is 0.166 e. The van der Waals surface area contributed by atoms with Gasteiger partial charge >= 0.3 is 0 Å². The molecule has 2 aliphatic rings. The number of ether oxygens (including phenoxy) is 1. The van der Waals surface area contributed by atoms with Crippen LogP contribution in [0.4, 0.5) is 20.3 Å². The second-order valence-electron chi connectivity index (χ2n) is 8.55. The molecular weight excluding hydrogens is 466 g/mol. The van der Waals surface area contributed by atoms with Crippen molar-refractivity contribution in [2.45, 2.75) is 29.5 Å². The lowest BCUT2D eigenvalue weighted by Crippen LogP contribution is -2.62. The number of benzene rings is 1. The van der Waals surface area contributed by atoms with Crippen molar-refractivity contribution >= 4 is 38.2 Å². The molecule has 1 saturated carbocycles. The van der Waals surface area contributed by atoms with Gasteiger partial charge in [0.15, 0.2) is 15.7 Å². The predicted molar refractivity (Wildman–Crippen MR) is 123 cm³/mol. The highest BCUT2D eigenvalue weighted by molar-refractivity contribution is 7.93. The number of amidine groups is 1. The van der Waals surface area contributed by atoms with Crippen LogP contribution >= 0.6 is 0 Å². The molecule has 5 rings (SSSR count). The Morgan fingerprint density at radius 1 is 1.21 bits per heavy atom. The summed E-state index contributed by atoms with van der Waals surface area (Å²) in [5, 5.41) is 3.03. The second kappa shape index (κ2) is 7.83. The minimum absolute atomic E-state index is 0.152. The Hall–Kier alpha value is -3.41. The van der Waals surface area contributed by atoms with Crippen LogP contribution in [0.2, 0.25) is 0 Å². The number of sulfone groups is 1. The first-order valence-electron chi connectivity index (χ1n) is 10.6. The summed E-state index contributed by atoms with van der Waals surface area (Å²) in [7, 11) is -2.34. The Kier molecular flexibility index (Phi) is 5.15. The van der Waals surface area contributed by atoms with Crippen molar-refractivity contribution in [2.24, 2.45) is 10.7 Å². The van der Waals surface area contributed by atoms with Gasteiger partial charge in [0.25, 0.3) is 0 Å². The van der Waals surface area contributed by atoms with E-state index in [-0.39, 0.29) is 11.4 Å². The number of alkyl halides is 1. The average molecular weight is 489 g/mol. The molecule has 0 unspecified atom stereocenters. The number of anilines is 2. The van der Waals surface area contributed by atoms with Gasteiger partial charge in [-0.15, -0.1) is 0 Å². The highest BCUT2D eigenvalue weighted by Gasteiger charge is 2.59. The highest BCUT2D eigenvalue weighted by atomic mass is 32.2. The summed E-state index contributed by atoms with van der Waals surface area (Å²) < 4.78 is 59.6. The minimum Gasteiger partial charge on any atom is -0.495 e. The van der Waals surface area contributed by atoms with E-state index in [0.29, 0.717) is 47.6 Å². The van der Waals surface area contributed by atoms with Crippen LogP contribution in [0.5, 0.6) is 5.75 Å². The summed E-state index contributed by atoms with van der Waals surface area (Å²) >= 11 is 0. The number of nitrogens with zero attached hydrogens (tertiary/aromatic N) is 4. The maximum atomic E-state index is 15.0. The molecular formula is C22H22F2N6O3S. The molecule has 1 atom stereocenters. The molecule has 12 heteroatoms. The molecule has 0 radical (unpaired) electrons. The van der Waals surface area contributed by atoms with E-state index in [0.717, 1.165) is 6.07 Å². The molecule has 34 heavy (non-hydrogen) atoms. The number of methoxy groups -OCH3 is 1. The fourth-order valence-corrected chi connectivity index (χ4v) is 7.02. The van der Waals surface area contributed by atoms with Crippen LogP contribution in [0.3, 0.4) is 0 Å². The fraction of sp³-hybridized carbons (Fsp3) is 0.364. The van der Waals surface area contributed by atoms with Crippen LogP contribution < -0.4 is 15.8 Å². The molecule has 3 aromatic rings. The second-order valence-corrected chi connectivity index (χ2v) is 10.9. The fourth-order valence-electron chi connectivity index (χ4n) is 4.54. The van der Waals surface area contributed by atoms with Gasteiger partial charge in [-0.2, -0.15) is 0 Å². The quantitative estimate of drug-likeness (QED) is 0.560. The lowest BCUT2D eigenvalue weighted by Gasteiger charge is -2.46. The van der Waals surface area contributed by atoms with Gasteiger partial charge in [0.2, 0.25) is 0 Å². The third-order valence-corrected chi connectivity index (χ3v) is 9.29. The molecule has 0 saturated heterocycles. The van der Waals surface area contributed by atoms with Gasteiger partial charge in [0.05, 0.1) is 24.6 Å². The van der Waals surface area contributed by atoms with Gasteiger partial charge in [-0.1, -0.05) is 0 Å². The molecule has 0 amide bonds. The lowest BCUT2D eigenvalue weighted by molar-refractivity contribution is 0.311.